The largest absolute Gasteiger partial charge is 0.477 e. The van der Waals surface area contributed by atoms with Crippen molar-refractivity contribution in [2.75, 3.05) is 26.2 Å². The highest BCUT2D eigenvalue weighted by molar-refractivity contribution is 8.03. The van der Waals surface area contributed by atoms with E-state index in [-0.39, 0.29) is 29.9 Å². The van der Waals surface area contributed by atoms with Gasteiger partial charge >= 0.3 is 18.3 Å². The Balaban J connectivity index is 1.36. The molecule has 0 bridgehead atoms. The lowest BCUT2D eigenvalue weighted by Crippen LogP contribution is -2.66. The lowest BCUT2D eigenvalue weighted by molar-refractivity contribution is -0.159. The molecule has 0 aromatic carbocycles. The molecule has 7 atom stereocenters. The molecule has 1 unspecified atom stereocenters. The molecule has 41 heavy (non-hydrogen) atoms. The molecule has 3 fully saturated rings. The van der Waals surface area contributed by atoms with E-state index in [1.165, 1.54) is 23.6 Å². The van der Waals surface area contributed by atoms with Gasteiger partial charge in [0.2, 0.25) is 11.8 Å². The molecular formula is C24H32F4N6O6S. The molecule has 4 aliphatic heterocycles. The second-order valence-corrected chi connectivity index (χ2v) is 12.1. The molecule has 0 aromatic rings. The summed E-state index contributed by atoms with van der Waals surface area (Å²) >= 11 is 1.23. The number of halogens is 4. The summed E-state index contributed by atoms with van der Waals surface area (Å²) in [5.41, 5.74) is 4.75. The number of nitrogens with one attached hydrogen (secondary N) is 3. The van der Waals surface area contributed by atoms with Gasteiger partial charge in [0.1, 0.15) is 5.70 Å². The third-order valence-electron chi connectivity index (χ3n) is 8.00. The summed E-state index contributed by atoms with van der Waals surface area (Å²) in [4.78, 5) is 64.3. The Kier molecular flexibility index (Phi) is 8.90. The smallest absolute Gasteiger partial charge is 0.353 e. The van der Waals surface area contributed by atoms with Crippen molar-refractivity contribution in [2.24, 2.45) is 17.6 Å². The first-order valence-corrected chi connectivity index (χ1v) is 14.0. The van der Waals surface area contributed by atoms with E-state index in [2.05, 4.69) is 16.0 Å². The zero-order valence-corrected chi connectivity index (χ0v) is 23.1. The first-order valence-electron chi connectivity index (χ1n) is 13.1. The van der Waals surface area contributed by atoms with Gasteiger partial charge in [-0.3, -0.25) is 19.2 Å². The van der Waals surface area contributed by atoms with Crippen LogP contribution in [0.25, 0.3) is 0 Å². The van der Waals surface area contributed by atoms with Gasteiger partial charge < -0.3 is 36.6 Å². The number of nitrogens with zero attached hydrogens (tertiary/aromatic N) is 2. The van der Waals surface area contributed by atoms with E-state index >= 15 is 0 Å². The molecule has 3 saturated heterocycles. The average molecular weight is 609 g/mol. The molecule has 0 spiro atoms. The molecule has 0 saturated carbocycles. The molecule has 4 rings (SSSR count). The van der Waals surface area contributed by atoms with E-state index < -0.39 is 78.6 Å². The van der Waals surface area contributed by atoms with Gasteiger partial charge in [0.05, 0.1) is 24.5 Å². The molecule has 4 aliphatic rings. The van der Waals surface area contributed by atoms with Crippen molar-refractivity contribution in [3.8, 4) is 0 Å². The number of β-lactam (4-membered cyclic amide) rings is 1. The quantitative estimate of drug-likeness (QED) is 0.159. The van der Waals surface area contributed by atoms with Crippen LogP contribution < -0.4 is 21.7 Å². The van der Waals surface area contributed by atoms with Gasteiger partial charge in [-0.2, -0.15) is 17.6 Å². The van der Waals surface area contributed by atoms with Crippen molar-refractivity contribution >= 4 is 41.4 Å². The Morgan fingerprint density at radius 3 is 2.56 bits per heavy atom. The van der Waals surface area contributed by atoms with E-state index in [0.29, 0.717) is 24.3 Å². The van der Waals surface area contributed by atoms with Crippen LogP contribution in [0.4, 0.5) is 17.6 Å². The number of fused-ring (bicyclic) bond motifs is 1. The summed E-state index contributed by atoms with van der Waals surface area (Å²) in [5.74, 6) is -10.2. The molecule has 12 nitrogen and oxygen atoms in total. The van der Waals surface area contributed by atoms with Crippen LogP contribution in [-0.4, -0.2) is 112 Å². The fraction of sp³-hybridized carbons (Fsp3) is 0.708. The monoisotopic (exact) mass is 608 g/mol. The zero-order chi connectivity index (χ0) is 30.4. The third kappa shape index (κ3) is 5.88. The SMILES string of the molecule is C[C@@H](NC(=O)C(F)F)[C@H]1C(=O)N2C(C(=O)O)=C(S[C@@H]3CN[C@H](C(=O)N4CCC(NC(=O)C(F)(F)CN)C4)C3)[C@H](C)[C@H]12. The highest BCUT2D eigenvalue weighted by atomic mass is 32.2. The second-order valence-electron chi connectivity index (χ2n) is 10.7. The fourth-order valence-corrected chi connectivity index (χ4v) is 7.40. The minimum Gasteiger partial charge on any atom is -0.477 e. The van der Waals surface area contributed by atoms with Crippen LogP contribution >= 0.6 is 11.8 Å². The Morgan fingerprint density at radius 1 is 1.27 bits per heavy atom. The van der Waals surface area contributed by atoms with Crippen LogP contribution in [0.2, 0.25) is 0 Å². The number of carbonyl (C=O) groups is 5. The van der Waals surface area contributed by atoms with Crippen LogP contribution in [0.5, 0.6) is 0 Å². The zero-order valence-electron chi connectivity index (χ0n) is 22.2. The van der Waals surface area contributed by atoms with E-state index in [0.717, 1.165) is 4.90 Å². The number of carbonyl (C=O) groups excluding carboxylic acids is 4. The molecule has 4 heterocycles. The van der Waals surface area contributed by atoms with Crippen LogP contribution in [0.3, 0.4) is 0 Å². The molecule has 6 N–H and O–H groups in total. The summed E-state index contributed by atoms with van der Waals surface area (Å²) in [7, 11) is 0. The Bertz CT molecular complexity index is 1160. The summed E-state index contributed by atoms with van der Waals surface area (Å²) in [6, 6.07) is -2.81. The van der Waals surface area contributed by atoms with Crippen LogP contribution in [-0.2, 0) is 24.0 Å². The maximum Gasteiger partial charge on any atom is 0.353 e. The van der Waals surface area contributed by atoms with Crippen molar-refractivity contribution in [2.45, 2.75) is 68.5 Å². The molecule has 228 valence electrons. The number of hydrogen-bond donors (Lipinski definition) is 5. The standard InChI is InChI=1S/C24H32F4N6O6S/c1-9-15-14(10(2)31-19(35)18(25)26)21(37)34(15)16(22(38)39)17(9)41-12-5-13(30-6-12)20(36)33-4-3-11(7-33)32-23(40)24(27,28)8-29/h9-15,18,30H,3-8,29H2,1-2H3,(H,31,35)(H,32,40)(H,38,39)/t9-,10-,11?,12+,13+,14-,15-/m1/s1. The number of nitrogens with two attached hydrogens (primary N) is 1. The van der Waals surface area contributed by atoms with Crippen molar-refractivity contribution in [1.29, 1.82) is 0 Å². The number of carboxylic acid groups (broad SMARTS) is 1. The average Bonchev–Trinajstić information content (AvgIpc) is 3.62. The Hall–Kier alpha value is -2.92. The summed E-state index contributed by atoms with van der Waals surface area (Å²) in [6.07, 6.45) is -2.62. The van der Waals surface area contributed by atoms with E-state index in [9.17, 15) is 46.6 Å². The van der Waals surface area contributed by atoms with Crippen molar-refractivity contribution in [3.63, 3.8) is 0 Å². The first-order chi connectivity index (χ1) is 19.2. The lowest BCUT2D eigenvalue weighted by Gasteiger charge is -2.47. The number of amides is 4. The first kappa shape index (κ1) is 31.0. The molecular weight excluding hydrogens is 576 g/mol. The van der Waals surface area contributed by atoms with Crippen LogP contribution in [0.1, 0.15) is 26.7 Å². The molecule has 0 aliphatic carbocycles. The van der Waals surface area contributed by atoms with Gasteiger partial charge in [-0.05, 0) is 19.8 Å². The summed E-state index contributed by atoms with van der Waals surface area (Å²) in [6.45, 7) is 2.71. The molecule has 4 amide bonds. The predicted octanol–water partition coefficient (Wildman–Crippen LogP) is -0.696. The minimum atomic E-state index is -3.70. The van der Waals surface area contributed by atoms with Crippen molar-refractivity contribution in [1.82, 2.24) is 25.8 Å². The topological polar surface area (TPSA) is 174 Å². The number of alkyl halides is 4. The lowest BCUT2D eigenvalue weighted by atomic mass is 9.78. The maximum atomic E-state index is 13.5. The number of rotatable bonds is 10. The number of aliphatic carboxylic acids is 1. The maximum absolute atomic E-state index is 13.5. The highest BCUT2D eigenvalue weighted by Gasteiger charge is 2.60. The number of thioether (sulfide) groups is 1. The van der Waals surface area contributed by atoms with Crippen molar-refractivity contribution in [3.05, 3.63) is 10.6 Å². The van der Waals surface area contributed by atoms with Crippen LogP contribution in [0, 0.1) is 11.8 Å². The fourth-order valence-electron chi connectivity index (χ4n) is 5.92. The molecule has 0 radical (unpaired) electrons. The number of carboxylic acids is 1. The highest BCUT2D eigenvalue weighted by Crippen LogP contribution is 2.51. The molecule has 0 aromatic heterocycles. The van der Waals surface area contributed by atoms with Crippen LogP contribution in [0.15, 0.2) is 10.6 Å². The summed E-state index contributed by atoms with van der Waals surface area (Å²) < 4.78 is 52.4. The second kappa shape index (κ2) is 11.8. The number of hydrogen-bond acceptors (Lipinski definition) is 8. The normalized spacial score (nSPS) is 30.4. The van der Waals surface area contributed by atoms with Gasteiger partial charge in [-0.25, -0.2) is 4.79 Å². The van der Waals surface area contributed by atoms with Gasteiger partial charge in [0.25, 0.3) is 11.8 Å². The predicted molar refractivity (Wildman–Crippen MR) is 136 cm³/mol. The van der Waals surface area contributed by atoms with E-state index in [1.54, 1.807) is 6.92 Å². The van der Waals surface area contributed by atoms with E-state index in [1.807, 2.05) is 0 Å². The molecule has 17 heteroatoms. The number of likely N-dealkylation sites (tertiary alicyclic amines) is 1. The van der Waals surface area contributed by atoms with E-state index in [4.69, 9.17) is 5.73 Å². The van der Waals surface area contributed by atoms with Gasteiger partial charge in [0.15, 0.2) is 0 Å². The Labute approximate surface area is 236 Å². The summed E-state index contributed by atoms with van der Waals surface area (Å²) in [5, 5.41) is 17.1. The van der Waals surface area contributed by atoms with Gasteiger partial charge in [0, 0.05) is 47.8 Å². The Morgan fingerprint density at radius 2 is 1.95 bits per heavy atom. The third-order valence-corrected chi connectivity index (χ3v) is 9.52. The van der Waals surface area contributed by atoms with Gasteiger partial charge in [-0.15, -0.1) is 11.8 Å². The van der Waals surface area contributed by atoms with Gasteiger partial charge in [-0.1, -0.05) is 6.92 Å². The minimum absolute atomic E-state index is 0.0625. The van der Waals surface area contributed by atoms with Crippen molar-refractivity contribution < 1.29 is 46.6 Å².